The average molecular weight is 363 g/mol. The lowest BCUT2D eigenvalue weighted by atomic mass is 10.3. The maximum atomic E-state index is 12.1. The molecule has 0 aliphatic carbocycles. The summed E-state index contributed by atoms with van der Waals surface area (Å²) in [6.45, 7) is 0.388. The van der Waals surface area contributed by atoms with Crippen LogP contribution in [0.15, 0.2) is 48.8 Å². The van der Waals surface area contributed by atoms with Crippen LogP contribution in [0.3, 0.4) is 0 Å². The molecule has 9 heteroatoms. The molecular weight excluding hydrogens is 352 g/mol. The fraction of sp³-hybridized carbons (Fsp3) is 0.0667. The topological polar surface area (TPSA) is 90.1 Å². The predicted octanol–water partition coefficient (Wildman–Crippen LogP) is 3.43. The van der Waals surface area contributed by atoms with Gasteiger partial charge in [-0.3, -0.25) is 14.9 Å². The second-order valence-electron chi connectivity index (χ2n) is 4.84. The van der Waals surface area contributed by atoms with Crippen molar-refractivity contribution in [2.75, 3.05) is 0 Å². The van der Waals surface area contributed by atoms with Crippen LogP contribution in [0.1, 0.15) is 15.2 Å². The van der Waals surface area contributed by atoms with Crippen molar-refractivity contribution in [3.63, 3.8) is 0 Å². The van der Waals surface area contributed by atoms with Crippen LogP contribution in [-0.2, 0) is 6.54 Å². The maximum Gasteiger partial charge on any atom is 0.269 e. The zero-order valence-corrected chi connectivity index (χ0v) is 13.8. The third-order valence-corrected chi connectivity index (χ3v) is 4.45. The van der Waals surface area contributed by atoms with Crippen molar-refractivity contribution in [2.24, 2.45) is 0 Å². The van der Waals surface area contributed by atoms with Crippen LogP contribution in [0.5, 0.6) is 0 Å². The number of nitro groups is 1. The smallest absolute Gasteiger partial charge is 0.269 e. The van der Waals surface area contributed by atoms with Crippen LogP contribution in [-0.4, -0.2) is 20.6 Å². The molecule has 7 nitrogen and oxygen atoms in total. The zero-order valence-electron chi connectivity index (χ0n) is 12.2. The molecule has 0 saturated heterocycles. The van der Waals surface area contributed by atoms with E-state index in [1.807, 2.05) is 6.07 Å². The van der Waals surface area contributed by atoms with Crippen LogP contribution < -0.4 is 5.32 Å². The minimum atomic E-state index is -0.470. The summed E-state index contributed by atoms with van der Waals surface area (Å²) >= 11 is 7.25. The van der Waals surface area contributed by atoms with Gasteiger partial charge in [0.05, 0.1) is 33.3 Å². The van der Waals surface area contributed by atoms with Gasteiger partial charge in [0.1, 0.15) is 0 Å². The second kappa shape index (κ2) is 6.81. The summed E-state index contributed by atoms with van der Waals surface area (Å²) in [4.78, 5) is 23.3. The summed E-state index contributed by atoms with van der Waals surface area (Å²) in [5.41, 5.74) is 1.03. The molecule has 0 aliphatic heterocycles. The number of aromatic nitrogens is 2. The van der Waals surface area contributed by atoms with E-state index in [1.165, 1.54) is 34.3 Å². The van der Waals surface area contributed by atoms with Crippen LogP contribution in [0.4, 0.5) is 5.69 Å². The Balaban J connectivity index is 1.68. The highest BCUT2D eigenvalue weighted by atomic mass is 35.5. The quantitative estimate of drug-likeness (QED) is 0.556. The minimum absolute atomic E-state index is 0.00141. The van der Waals surface area contributed by atoms with Crippen LogP contribution >= 0.6 is 22.9 Å². The average Bonchev–Trinajstić information content (AvgIpc) is 3.22. The van der Waals surface area contributed by atoms with Gasteiger partial charge in [0.2, 0.25) is 0 Å². The SMILES string of the molecule is O=C(NCc1ccc(Cl)s1)c1cnn(-c2ccc([N+](=O)[O-])cc2)c1. The van der Waals surface area contributed by atoms with Gasteiger partial charge in [-0.25, -0.2) is 4.68 Å². The summed E-state index contributed by atoms with van der Waals surface area (Å²) in [6, 6.07) is 9.55. The molecule has 3 rings (SSSR count). The number of carbonyl (C=O) groups is 1. The maximum absolute atomic E-state index is 12.1. The summed E-state index contributed by atoms with van der Waals surface area (Å²) in [5, 5.41) is 17.6. The van der Waals surface area contributed by atoms with Crippen molar-refractivity contribution in [2.45, 2.75) is 6.54 Å². The van der Waals surface area contributed by atoms with Crippen molar-refractivity contribution in [3.05, 3.63) is 73.7 Å². The van der Waals surface area contributed by atoms with E-state index in [-0.39, 0.29) is 11.6 Å². The van der Waals surface area contributed by atoms with Gasteiger partial charge in [0, 0.05) is 23.2 Å². The van der Waals surface area contributed by atoms with Gasteiger partial charge >= 0.3 is 0 Å². The van der Waals surface area contributed by atoms with E-state index in [0.717, 1.165) is 4.88 Å². The van der Waals surface area contributed by atoms with E-state index >= 15 is 0 Å². The Morgan fingerprint density at radius 2 is 2.04 bits per heavy atom. The van der Waals surface area contributed by atoms with Crippen LogP contribution in [0.25, 0.3) is 5.69 Å². The van der Waals surface area contributed by atoms with E-state index in [2.05, 4.69) is 10.4 Å². The Morgan fingerprint density at radius 3 is 2.67 bits per heavy atom. The number of halogens is 1. The first-order valence-corrected chi connectivity index (χ1v) is 8.04. The molecule has 1 N–H and O–H groups in total. The number of nitrogens with zero attached hydrogens (tertiary/aromatic N) is 3. The molecule has 122 valence electrons. The van der Waals surface area contributed by atoms with Gasteiger partial charge in [-0.05, 0) is 24.3 Å². The fourth-order valence-corrected chi connectivity index (χ4v) is 3.05. The van der Waals surface area contributed by atoms with Gasteiger partial charge in [-0.2, -0.15) is 5.10 Å². The highest BCUT2D eigenvalue weighted by molar-refractivity contribution is 7.16. The third kappa shape index (κ3) is 3.61. The fourth-order valence-electron chi connectivity index (χ4n) is 2.02. The van der Waals surface area contributed by atoms with Crippen LogP contribution in [0, 0.1) is 10.1 Å². The van der Waals surface area contributed by atoms with E-state index in [1.54, 1.807) is 24.4 Å². The Morgan fingerprint density at radius 1 is 1.29 bits per heavy atom. The lowest BCUT2D eigenvalue weighted by molar-refractivity contribution is -0.384. The number of benzene rings is 1. The summed E-state index contributed by atoms with van der Waals surface area (Å²) < 4.78 is 2.16. The molecule has 0 bridgehead atoms. The summed E-state index contributed by atoms with van der Waals surface area (Å²) in [6.07, 6.45) is 3.01. The summed E-state index contributed by atoms with van der Waals surface area (Å²) in [5.74, 6) is -0.257. The normalized spacial score (nSPS) is 10.5. The van der Waals surface area contributed by atoms with Crippen molar-refractivity contribution in [1.29, 1.82) is 0 Å². The van der Waals surface area contributed by atoms with Crippen molar-refractivity contribution >= 4 is 34.5 Å². The lowest BCUT2D eigenvalue weighted by Crippen LogP contribution is -2.21. The molecular formula is C15H11ClN4O3S. The van der Waals surface area contributed by atoms with E-state index in [0.29, 0.717) is 22.1 Å². The second-order valence-corrected chi connectivity index (χ2v) is 6.64. The number of rotatable bonds is 5. The highest BCUT2D eigenvalue weighted by Gasteiger charge is 2.11. The molecule has 24 heavy (non-hydrogen) atoms. The van der Waals surface area contributed by atoms with E-state index < -0.39 is 4.92 Å². The summed E-state index contributed by atoms with van der Waals surface area (Å²) in [7, 11) is 0. The Hall–Kier alpha value is -2.71. The third-order valence-electron chi connectivity index (χ3n) is 3.22. The first-order valence-electron chi connectivity index (χ1n) is 6.85. The van der Waals surface area contributed by atoms with Gasteiger partial charge < -0.3 is 5.32 Å². The standard InChI is InChI=1S/C15H11ClN4O3S/c16-14-6-5-13(24-14)8-17-15(21)10-7-18-19(9-10)11-1-3-12(4-2-11)20(22)23/h1-7,9H,8H2,(H,17,21). The minimum Gasteiger partial charge on any atom is -0.347 e. The van der Waals surface area contributed by atoms with E-state index in [4.69, 9.17) is 11.6 Å². The molecule has 0 unspecified atom stereocenters. The van der Waals surface area contributed by atoms with E-state index in [9.17, 15) is 14.9 Å². The predicted molar refractivity (Wildman–Crippen MR) is 90.7 cm³/mol. The first kappa shape index (κ1) is 16.2. The number of amides is 1. The number of hydrogen-bond acceptors (Lipinski definition) is 5. The molecule has 0 fully saturated rings. The lowest BCUT2D eigenvalue weighted by Gasteiger charge is -2.01. The molecule has 0 radical (unpaired) electrons. The molecule has 1 aromatic carbocycles. The number of hydrogen-bond donors (Lipinski definition) is 1. The molecule has 0 atom stereocenters. The van der Waals surface area contributed by atoms with Crippen LogP contribution in [0.2, 0.25) is 4.34 Å². The van der Waals surface area contributed by atoms with Crippen molar-refractivity contribution in [3.8, 4) is 5.69 Å². The van der Waals surface area contributed by atoms with Crippen molar-refractivity contribution < 1.29 is 9.72 Å². The van der Waals surface area contributed by atoms with Gasteiger partial charge in [0.15, 0.2) is 0 Å². The molecule has 0 saturated carbocycles. The Labute approximate surface area is 145 Å². The molecule has 3 aromatic rings. The number of nitrogens with one attached hydrogen (secondary N) is 1. The number of carbonyl (C=O) groups excluding carboxylic acids is 1. The molecule has 0 aliphatic rings. The van der Waals surface area contributed by atoms with Gasteiger partial charge in [0.25, 0.3) is 11.6 Å². The van der Waals surface area contributed by atoms with Crippen molar-refractivity contribution in [1.82, 2.24) is 15.1 Å². The first-order chi connectivity index (χ1) is 11.5. The number of thiophene rings is 1. The molecule has 1 amide bonds. The van der Waals surface area contributed by atoms with Gasteiger partial charge in [-0.1, -0.05) is 11.6 Å². The highest BCUT2D eigenvalue weighted by Crippen LogP contribution is 2.21. The largest absolute Gasteiger partial charge is 0.347 e. The Kier molecular flexibility index (Phi) is 4.59. The molecule has 2 heterocycles. The Bertz CT molecular complexity index is 888. The number of non-ortho nitro benzene ring substituents is 1. The van der Waals surface area contributed by atoms with Gasteiger partial charge in [-0.15, -0.1) is 11.3 Å². The molecule has 0 spiro atoms. The number of nitro benzene ring substituents is 1. The zero-order chi connectivity index (χ0) is 17.1. The monoisotopic (exact) mass is 362 g/mol. The molecule has 2 aromatic heterocycles.